The van der Waals surface area contributed by atoms with E-state index in [0.717, 1.165) is 32.1 Å². The molecule has 0 aliphatic heterocycles. The minimum absolute atomic E-state index is 0. The number of halogens is 4. The van der Waals surface area contributed by atoms with Gasteiger partial charge in [-0.15, -0.1) is 27.9 Å². The SMILES string of the molecule is C.Cc1cccc(Cl)c1CC(=O)CCl.Cc1ccccc1CBr.Cc1ccccc1CSc1nc(N)c(C(=O)Nc2c(C)cccc2Cl)s1.[C-]#[N+]N=C([S-])[S-].[K+].[K+]. The van der Waals surface area contributed by atoms with Gasteiger partial charge in [-0.1, -0.05) is 131 Å². The van der Waals surface area contributed by atoms with Gasteiger partial charge in [0.25, 0.3) is 5.91 Å². The molecule has 0 saturated heterocycles. The fraction of sp³-hybridized carbons (Fsp3) is 0.225. The number of thioether (sulfide) groups is 1. The average Bonchev–Trinajstić information content (AvgIpc) is 3.52. The molecule has 1 heterocycles. The summed E-state index contributed by atoms with van der Waals surface area (Å²) in [5, 5.41) is 7.90. The predicted octanol–water partition coefficient (Wildman–Crippen LogP) is 6.34. The number of carbonyl (C=O) groups is 2. The van der Waals surface area contributed by atoms with Crippen molar-refractivity contribution in [3.8, 4) is 0 Å². The number of anilines is 2. The fourth-order valence-electron chi connectivity index (χ4n) is 4.34. The summed E-state index contributed by atoms with van der Waals surface area (Å²) in [6.45, 7) is 14.1. The van der Waals surface area contributed by atoms with Crippen LogP contribution in [-0.2, 0) is 47.6 Å². The Kier molecular flexibility index (Phi) is 33.9. The molecule has 0 saturated carbocycles. The minimum atomic E-state index is -0.293. The monoisotopic (exact) mass is 1010 g/mol. The van der Waals surface area contributed by atoms with Crippen LogP contribution in [0.5, 0.6) is 0 Å². The van der Waals surface area contributed by atoms with E-state index >= 15 is 0 Å². The number of Topliss-reactive ketones (excluding diaryl/α,β-unsaturated/α-hetero) is 1. The van der Waals surface area contributed by atoms with Crippen LogP contribution in [0, 0.1) is 34.3 Å². The normalized spacial score (nSPS) is 9.32. The van der Waals surface area contributed by atoms with Crippen LogP contribution in [0.25, 0.3) is 4.95 Å². The molecule has 57 heavy (non-hydrogen) atoms. The van der Waals surface area contributed by atoms with Crippen molar-refractivity contribution in [1.29, 1.82) is 0 Å². The fourth-order valence-corrected chi connectivity index (χ4v) is 7.75. The van der Waals surface area contributed by atoms with E-state index < -0.39 is 0 Å². The van der Waals surface area contributed by atoms with E-state index in [-0.39, 0.29) is 138 Å². The first-order valence-electron chi connectivity index (χ1n) is 15.9. The number of hydrogen-bond donors (Lipinski definition) is 2. The largest absolute Gasteiger partial charge is 1.00 e. The zero-order valence-electron chi connectivity index (χ0n) is 31.8. The van der Waals surface area contributed by atoms with Crippen molar-refractivity contribution in [2.24, 2.45) is 5.10 Å². The number of amides is 1. The number of nitrogens with zero attached hydrogens (tertiary/aromatic N) is 3. The van der Waals surface area contributed by atoms with Crippen LogP contribution in [0.15, 0.2) is 94.4 Å². The second kappa shape index (κ2) is 32.7. The molecule has 3 N–H and O–H groups in total. The van der Waals surface area contributed by atoms with E-state index in [9.17, 15) is 9.59 Å². The standard InChI is InChI=1S/C19H18ClN3OS2.C10H10Cl2O.C8H9Br.C2H2N2S2.CH4.2K/c1-11-6-3-4-8-13(11)10-25-19-23-17(21)16(26-19)18(24)22-15-12(2)7-5-9-14(15)20;1-7-3-2-4-10(12)9(7)5-8(13)6-11;1-7-4-2-3-5-8(7)6-9;1-3-4-2(5)6;;;/h3-9H,10,21H2,1-2H3,(H,22,24);2-4H,5-6H2,1H3;2-5H,6H2,1H3;(H2,4,5,6);1H4;;/q;;;;;2*+1/p-2. The summed E-state index contributed by atoms with van der Waals surface area (Å²) >= 11 is 32.3. The zero-order chi connectivity index (χ0) is 40.2. The van der Waals surface area contributed by atoms with Gasteiger partial charge in [0.05, 0.1) is 16.6 Å². The molecule has 0 aliphatic carbocycles. The number of aromatic nitrogens is 1. The maximum Gasteiger partial charge on any atom is 1.00 e. The van der Waals surface area contributed by atoms with E-state index in [1.807, 2.05) is 50.2 Å². The summed E-state index contributed by atoms with van der Waals surface area (Å²) < 4.78 is 0.747. The van der Waals surface area contributed by atoms with Gasteiger partial charge in [-0.3, -0.25) is 9.59 Å². The Labute approximate surface area is 465 Å². The third-order valence-corrected chi connectivity index (χ3v) is 11.3. The number of carbonyl (C=O) groups excluding carboxylic acids is 2. The van der Waals surface area contributed by atoms with Crippen molar-refractivity contribution >= 4 is 127 Å². The number of nitrogens with one attached hydrogen (secondary N) is 1. The Morgan fingerprint density at radius 1 is 0.877 bits per heavy atom. The van der Waals surface area contributed by atoms with Gasteiger partial charge < -0.3 is 36.3 Å². The number of ketones is 1. The van der Waals surface area contributed by atoms with E-state index in [2.05, 4.69) is 112 Å². The smallest absolute Gasteiger partial charge is 0.782 e. The first-order valence-corrected chi connectivity index (χ1v) is 21.0. The van der Waals surface area contributed by atoms with Crippen LogP contribution in [-0.4, -0.2) is 26.9 Å². The van der Waals surface area contributed by atoms with Gasteiger partial charge >= 0.3 is 103 Å². The third-order valence-electron chi connectivity index (χ3n) is 7.33. The number of benzene rings is 4. The Balaban J connectivity index is 0. The van der Waals surface area contributed by atoms with Crippen LogP contribution >= 0.6 is 73.8 Å². The number of para-hydroxylation sites is 1. The van der Waals surface area contributed by atoms with Gasteiger partial charge in [-0.25, -0.2) is 4.98 Å². The van der Waals surface area contributed by atoms with Crippen LogP contribution in [0.3, 0.4) is 0 Å². The molecular weight excluding hydrogens is 975 g/mol. The Bertz CT molecular complexity index is 2060. The first kappa shape index (κ1) is 59.1. The van der Waals surface area contributed by atoms with E-state index in [1.54, 1.807) is 23.9 Å². The summed E-state index contributed by atoms with van der Waals surface area (Å²) in [5.74, 6) is 0.774. The molecule has 5 rings (SSSR count). The molecule has 0 aliphatic rings. The van der Waals surface area contributed by atoms with Gasteiger partial charge in [0.15, 0.2) is 10.1 Å². The number of nitrogen functional groups attached to an aromatic ring is 1. The van der Waals surface area contributed by atoms with Crippen molar-refractivity contribution in [2.75, 3.05) is 16.9 Å². The van der Waals surface area contributed by atoms with E-state index in [4.69, 9.17) is 47.1 Å². The number of hydrogen-bond acceptors (Lipinski definition) is 9. The van der Waals surface area contributed by atoms with Crippen molar-refractivity contribution in [2.45, 2.75) is 57.0 Å². The van der Waals surface area contributed by atoms with E-state index in [0.29, 0.717) is 27.0 Å². The van der Waals surface area contributed by atoms with Crippen molar-refractivity contribution in [3.05, 3.63) is 150 Å². The van der Waals surface area contributed by atoms with Crippen LogP contribution in [0.4, 0.5) is 11.5 Å². The number of nitrogens with two attached hydrogens (primary N) is 1. The molecular formula is C40H41BrCl3K2N5O2S4. The van der Waals surface area contributed by atoms with Crippen molar-refractivity contribution in [3.63, 3.8) is 0 Å². The summed E-state index contributed by atoms with van der Waals surface area (Å²) in [7, 11) is 0. The maximum absolute atomic E-state index is 12.6. The summed E-state index contributed by atoms with van der Waals surface area (Å²) in [4.78, 5) is 31.0. The first-order chi connectivity index (χ1) is 25.7. The molecule has 0 radical (unpaired) electrons. The zero-order valence-corrected chi connectivity index (χ0v) is 45.2. The second-order valence-corrected chi connectivity index (χ2v) is 16.1. The molecule has 1 aromatic heterocycles. The van der Waals surface area contributed by atoms with Gasteiger partial charge in [0.1, 0.15) is 10.7 Å². The third kappa shape index (κ3) is 22.1. The molecule has 292 valence electrons. The number of aryl methyl sites for hydroxylation is 4. The average molecular weight is 1020 g/mol. The molecule has 0 atom stereocenters. The number of thiazole rings is 1. The molecule has 0 fully saturated rings. The Hall–Kier alpha value is 0.0227. The maximum atomic E-state index is 12.6. The quantitative estimate of drug-likeness (QED) is 0.0260. The molecule has 7 nitrogen and oxygen atoms in total. The van der Waals surface area contributed by atoms with Crippen LogP contribution in [0.2, 0.25) is 10.0 Å². The molecule has 0 unspecified atom stereocenters. The van der Waals surface area contributed by atoms with Gasteiger partial charge in [0, 0.05) is 27.6 Å². The minimum Gasteiger partial charge on any atom is -0.782 e. The second-order valence-electron chi connectivity index (χ2n) is 11.2. The number of alkyl halides is 2. The topological polar surface area (TPSA) is 102 Å². The molecule has 17 heteroatoms. The van der Waals surface area contributed by atoms with Crippen molar-refractivity contribution in [1.82, 2.24) is 4.98 Å². The Morgan fingerprint density at radius 2 is 1.40 bits per heavy atom. The molecule has 1 amide bonds. The molecule has 0 bridgehead atoms. The van der Waals surface area contributed by atoms with Crippen LogP contribution in [0.1, 0.15) is 56.0 Å². The van der Waals surface area contributed by atoms with Gasteiger partial charge in [-0.2, -0.15) is 10.9 Å². The summed E-state index contributed by atoms with van der Waals surface area (Å²) in [5.41, 5.74) is 14.6. The van der Waals surface area contributed by atoms with Gasteiger partial charge in [-0.05, 0) is 78.8 Å². The molecule has 5 aromatic rings. The molecule has 4 aromatic carbocycles. The number of rotatable bonds is 9. The van der Waals surface area contributed by atoms with Gasteiger partial charge in [0.2, 0.25) is 0 Å². The summed E-state index contributed by atoms with van der Waals surface area (Å²) in [6.07, 6.45) is 0.328. The van der Waals surface area contributed by atoms with Crippen molar-refractivity contribution < 1.29 is 112 Å². The Morgan fingerprint density at radius 3 is 1.86 bits per heavy atom. The predicted molar refractivity (Wildman–Crippen MR) is 246 cm³/mol. The summed E-state index contributed by atoms with van der Waals surface area (Å²) in [6, 6.07) is 27.6. The van der Waals surface area contributed by atoms with E-state index in [1.165, 1.54) is 33.6 Å². The molecule has 0 spiro atoms. The van der Waals surface area contributed by atoms with Crippen LogP contribution < -0.4 is 114 Å².